The Kier molecular flexibility index (Phi) is 4.77. The van der Waals surface area contributed by atoms with Crippen LogP contribution in [0.1, 0.15) is 11.6 Å². The van der Waals surface area contributed by atoms with E-state index in [0.29, 0.717) is 17.4 Å². The highest BCUT2D eigenvalue weighted by Gasteiger charge is 2.10. The van der Waals surface area contributed by atoms with Crippen molar-refractivity contribution < 1.29 is 9.13 Å². The number of hydrogen-bond acceptors (Lipinski definition) is 2. The average molecular weight is 280 g/mol. The second-order valence-corrected chi connectivity index (χ2v) is 4.60. The van der Waals surface area contributed by atoms with E-state index in [2.05, 4.69) is 5.32 Å². The van der Waals surface area contributed by atoms with Gasteiger partial charge in [0.2, 0.25) is 0 Å². The summed E-state index contributed by atoms with van der Waals surface area (Å²) in [6.45, 7) is 0.403. The van der Waals surface area contributed by atoms with Gasteiger partial charge in [-0.15, -0.1) is 0 Å². The van der Waals surface area contributed by atoms with Gasteiger partial charge < -0.3 is 10.1 Å². The maximum Gasteiger partial charge on any atom is 0.123 e. The minimum absolute atomic E-state index is 0.0744. The van der Waals surface area contributed by atoms with Crippen molar-refractivity contribution in [2.75, 3.05) is 13.7 Å². The molecule has 1 N–H and O–H groups in total. The molecule has 0 saturated carbocycles. The molecule has 2 nitrogen and oxygen atoms in total. The Morgan fingerprint density at radius 2 is 2.00 bits per heavy atom. The van der Waals surface area contributed by atoms with Crippen LogP contribution in [0.3, 0.4) is 0 Å². The van der Waals surface area contributed by atoms with Gasteiger partial charge in [0.25, 0.3) is 0 Å². The van der Waals surface area contributed by atoms with Crippen LogP contribution in [0.5, 0.6) is 5.75 Å². The fourth-order valence-corrected chi connectivity index (χ4v) is 1.99. The first-order chi connectivity index (χ1) is 9.19. The van der Waals surface area contributed by atoms with Crippen LogP contribution in [-0.4, -0.2) is 13.7 Å². The van der Waals surface area contributed by atoms with Crippen molar-refractivity contribution in [2.45, 2.75) is 6.04 Å². The van der Waals surface area contributed by atoms with Gasteiger partial charge in [-0.2, -0.15) is 0 Å². The van der Waals surface area contributed by atoms with Gasteiger partial charge in [0, 0.05) is 5.02 Å². The molecule has 0 aliphatic heterocycles. The van der Waals surface area contributed by atoms with Gasteiger partial charge in [-0.05, 0) is 42.9 Å². The molecule has 1 atom stereocenters. The SMILES string of the molecule is CNC(COc1cccc(Cl)c1)c1cccc(F)c1. The smallest absolute Gasteiger partial charge is 0.123 e. The number of benzene rings is 2. The van der Waals surface area contributed by atoms with Gasteiger partial charge in [-0.1, -0.05) is 29.8 Å². The van der Waals surface area contributed by atoms with Crippen molar-refractivity contribution >= 4 is 11.6 Å². The molecule has 4 heteroatoms. The lowest BCUT2D eigenvalue weighted by Gasteiger charge is -2.17. The molecule has 0 aliphatic carbocycles. The molecule has 0 radical (unpaired) electrons. The van der Waals surface area contributed by atoms with Crippen LogP contribution in [0.15, 0.2) is 48.5 Å². The highest BCUT2D eigenvalue weighted by atomic mass is 35.5. The number of ether oxygens (including phenoxy) is 1. The minimum Gasteiger partial charge on any atom is -0.492 e. The molecule has 0 aliphatic rings. The van der Waals surface area contributed by atoms with Crippen LogP contribution in [0.25, 0.3) is 0 Å². The summed E-state index contributed by atoms with van der Waals surface area (Å²) >= 11 is 5.89. The van der Waals surface area contributed by atoms with Crippen molar-refractivity contribution in [3.63, 3.8) is 0 Å². The van der Waals surface area contributed by atoms with Crippen LogP contribution in [0, 0.1) is 5.82 Å². The zero-order valence-electron chi connectivity index (χ0n) is 10.6. The zero-order valence-corrected chi connectivity index (χ0v) is 11.3. The fraction of sp³-hybridized carbons (Fsp3) is 0.200. The maximum absolute atomic E-state index is 13.2. The molecule has 0 fully saturated rings. The van der Waals surface area contributed by atoms with E-state index in [4.69, 9.17) is 16.3 Å². The lowest BCUT2D eigenvalue weighted by molar-refractivity contribution is 0.273. The first-order valence-corrected chi connectivity index (χ1v) is 6.38. The van der Waals surface area contributed by atoms with Crippen LogP contribution in [0.4, 0.5) is 4.39 Å². The standard InChI is InChI=1S/C15H15ClFNO/c1-18-15(11-4-2-6-13(17)8-11)10-19-14-7-3-5-12(16)9-14/h2-9,15,18H,10H2,1H3. The van der Waals surface area contributed by atoms with Crippen molar-refractivity contribution in [1.29, 1.82) is 0 Å². The molecular weight excluding hydrogens is 265 g/mol. The molecule has 19 heavy (non-hydrogen) atoms. The summed E-state index contributed by atoms with van der Waals surface area (Å²) in [5.74, 6) is 0.449. The van der Waals surface area contributed by atoms with E-state index >= 15 is 0 Å². The largest absolute Gasteiger partial charge is 0.492 e. The molecule has 2 aromatic rings. The molecule has 0 saturated heterocycles. The van der Waals surface area contributed by atoms with Gasteiger partial charge >= 0.3 is 0 Å². The average Bonchev–Trinajstić information content (AvgIpc) is 2.40. The Hall–Kier alpha value is -1.58. The highest BCUT2D eigenvalue weighted by molar-refractivity contribution is 6.30. The van der Waals surface area contributed by atoms with Gasteiger partial charge in [-0.25, -0.2) is 4.39 Å². The zero-order chi connectivity index (χ0) is 13.7. The van der Waals surface area contributed by atoms with E-state index in [1.807, 2.05) is 25.2 Å². The number of hydrogen-bond donors (Lipinski definition) is 1. The van der Waals surface area contributed by atoms with Crippen LogP contribution in [0.2, 0.25) is 5.02 Å². The molecule has 0 spiro atoms. The molecular formula is C15H15ClFNO. The first kappa shape index (κ1) is 13.8. The normalized spacial score (nSPS) is 12.2. The Morgan fingerprint density at radius 3 is 2.68 bits per heavy atom. The van der Waals surface area contributed by atoms with E-state index in [0.717, 1.165) is 5.56 Å². The summed E-state index contributed by atoms with van der Waals surface area (Å²) in [5, 5.41) is 3.73. The summed E-state index contributed by atoms with van der Waals surface area (Å²) in [5.41, 5.74) is 0.851. The summed E-state index contributed by atoms with van der Waals surface area (Å²) in [6.07, 6.45) is 0. The molecule has 2 rings (SSSR count). The van der Waals surface area contributed by atoms with Crippen molar-refractivity contribution in [3.05, 3.63) is 64.9 Å². The van der Waals surface area contributed by atoms with Crippen molar-refractivity contribution in [3.8, 4) is 5.75 Å². The van der Waals surface area contributed by atoms with Crippen LogP contribution >= 0.6 is 11.6 Å². The maximum atomic E-state index is 13.2. The second kappa shape index (κ2) is 6.55. The summed E-state index contributed by atoms with van der Waals surface area (Å²) in [7, 11) is 1.82. The Bertz CT molecular complexity index is 547. The van der Waals surface area contributed by atoms with Gasteiger partial charge in [-0.3, -0.25) is 0 Å². The van der Waals surface area contributed by atoms with Gasteiger partial charge in [0.05, 0.1) is 6.04 Å². The molecule has 100 valence electrons. The van der Waals surface area contributed by atoms with Crippen molar-refractivity contribution in [1.82, 2.24) is 5.32 Å². The monoisotopic (exact) mass is 279 g/mol. The Balaban J connectivity index is 2.04. The molecule has 0 aromatic heterocycles. The summed E-state index contributed by atoms with van der Waals surface area (Å²) in [6, 6.07) is 13.6. The number of halogens is 2. The number of nitrogens with one attached hydrogen (secondary N) is 1. The molecule has 0 bridgehead atoms. The predicted octanol–water partition coefficient (Wildman–Crippen LogP) is 3.82. The number of rotatable bonds is 5. The highest BCUT2D eigenvalue weighted by Crippen LogP contribution is 2.20. The van der Waals surface area contributed by atoms with Gasteiger partial charge in [0.1, 0.15) is 18.2 Å². The molecule has 0 amide bonds. The summed E-state index contributed by atoms with van der Waals surface area (Å²) in [4.78, 5) is 0. The molecule has 2 aromatic carbocycles. The minimum atomic E-state index is -0.250. The summed E-state index contributed by atoms with van der Waals surface area (Å²) < 4.78 is 18.9. The third-order valence-corrected chi connectivity index (χ3v) is 3.05. The first-order valence-electron chi connectivity index (χ1n) is 6.00. The van der Waals surface area contributed by atoms with E-state index < -0.39 is 0 Å². The van der Waals surface area contributed by atoms with Crippen LogP contribution in [-0.2, 0) is 0 Å². The second-order valence-electron chi connectivity index (χ2n) is 4.16. The number of likely N-dealkylation sites (N-methyl/N-ethyl adjacent to an activating group) is 1. The molecule has 0 heterocycles. The Morgan fingerprint density at radius 1 is 1.21 bits per heavy atom. The lowest BCUT2D eigenvalue weighted by atomic mass is 10.1. The van der Waals surface area contributed by atoms with E-state index in [1.54, 1.807) is 18.2 Å². The third kappa shape index (κ3) is 3.94. The third-order valence-electron chi connectivity index (χ3n) is 2.81. The Labute approximate surface area is 117 Å². The fourth-order valence-electron chi connectivity index (χ4n) is 1.81. The predicted molar refractivity (Wildman–Crippen MR) is 75.1 cm³/mol. The topological polar surface area (TPSA) is 21.3 Å². The van der Waals surface area contributed by atoms with Gasteiger partial charge in [0.15, 0.2) is 0 Å². The quantitative estimate of drug-likeness (QED) is 0.898. The van der Waals surface area contributed by atoms with E-state index in [9.17, 15) is 4.39 Å². The van der Waals surface area contributed by atoms with Crippen LogP contribution < -0.4 is 10.1 Å². The van der Waals surface area contributed by atoms with E-state index in [-0.39, 0.29) is 11.9 Å². The lowest BCUT2D eigenvalue weighted by Crippen LogP contribution is -2.23. The molecule has 1 unspecified atom stereocenters. The van der Waals surface area contributed by atoms with E-state index in [1.165, 1.54) is 12.1 Å². The van der Waals surface area contributed by atoms with Crippen molar-refractivity contribution in [2.24, 2.45) is 0 Å².